The number of carboxylic acids is 1. The van der Waals surface area contributed by atoms with Gasteiger partial charge in [0.2, 0.25) is 0 Å². The van der Waals surface area contributed by atoms with E-state index >= 15 is 0 Å². The Morgan fingerprint density at radius 2 is 1.91 bits per heavy atom. The van der Waals surface area contributed by atoms with Gasteiger partial charge in [0.25, 0.3) is 5.91 Å². The van der Waals surface area contributed by atoms with E-state index in [1.165, 1.54) is 12.1 Å². The summed E-state index contributed by atoms with van der Waals surface area (Å²) in [6, 6.07) is 9.49. The van der Waals surface area contributed by atoms with Crippen LogP contribution < -0.4 is 0 Å². The molecule has 3 aromatic rings. The molecule has 1 aliphatic heterocycles. The van der Waals surface area contributed by atoms with Crippen molar-refractivity contribution in [3.05, 3.63) is 80.6 Å². The number of pyridine rings is 1. The molecule has 0 aliphatic carbocycles. The van der Waals surface area contributed by atoms with Gasteiger partial charge in [0, 0.05) is 37.3 Å². The molecule has 1 aliphatic rings. The molecule has 2 aromatic heterocycles. The molecule has 1 fully saturated rings. The Morgan fingerprint density at radius 3 is 2.56 bits per heavy atom. The van der Waals surface area contributed by atoms with Gasteiger partial charge < -0.3 is 10.0 Å². The van der Waals surface area contributed by atoms with Crippen molar-refractivity contribution in [3.8, 4) is 0 Å². The van der Waals surface area contributed by atoms with Crippen LogP contribution in [0.2, 0.25) is 10.0 Å². The molecule has 7 nitrogen and oxygen atoms in total. The summed E-state index contributed by atoms with van der Waals surface area (Å²) in [6.07, 6.45) is 0.806. The maximum Gasteiger partial charge on any atom is 0.310 e. The normalized spacial score (nSPS) is 15.4. The minimum Gasteiger partial charge on any atom is -0.481 e. The van der Waals surface area contributed by atoms with Gasteiger partial charge in [-0.3, -0.25) is 19.7 Å². The molecular weight excluding hydrogens is 482 g/mol. The Balaban J connectivity index is 1.50. The molecule has 1 aromatic carbocycles. The van der Waals surface area contributed by atoms with Crippen molar-refractivity contribution in [3.63, 3.8) is 0 Å². The summed E-state index contributed by atoms with van der Waals surface area (Å²) in [5, 5.41) is 17.5. The monoisotopic (exact) mass is 504 g/mol. The zero-order valence-corrected chi connectivity index (χ0v) is 20.0. The third-order valence-corrected chi connectivity index (χ3v) is 7.07. The number of nitrogens with one attached hydrogen (secondary N) is 1. The number of hydrogen-bond donors (Lipinski definition) is 2. The fourth-order valence-corrected chi connectivity index (χ4v) is 4.66. The first-order chi connectivity index (χ1) is 16.2. The lowest BCUT2D eigenvalue weighted by atomic mass is 9.74. The molecule has 3 heterocycles. The average Bonchev–Trinajstić information content (AvgIpc) is 3.22. The van der Waals surface area contributed by atoms with E-state index in [-0.39, 0.29) is 66.0 Å². The van der Waals surface area contributed by atoms with Crippen LogP contribution in [0.25, 0.3) is 0 Å². The van der Waals surface area contributed by atoms with Crippen molar-refractivity contribution in [1.82, 2.24) is 20.1 Å². The first kappa shape index (κ1) is 24.2. The van der Waals surface area contributed by atoms with Crippen LogP contribution in [-0.2, 0) is 17.6 Å². The Hall–Kier alpha value is -2.97. The molecule has 1 amide bonds. The van der Waals surface area contributed by atoms with Gasteiger partial charge in [0.1, 0.15) is 5.82 Å². The fourth-order valence-electron chi connectivity index (χ4n) is 4.28. The number of piperidine rings is 1. The molecule has 0 atom stereocenters. The van der Waals surface area contributed by atoms with E-state index < -0.39 is 17.2 Å². The highest BCUT2D eigenvalue weighted by Crippen LogP contribution is 2.37. The highest BCUT2D eigenvalue weighted by Gasteiger charge is 2.43. The zero-order chi connectivity index (χ0) is 24.5. The van der Waals surface area contributed by atoms with Gasteiger partial charge in [-0.15, -0.1) is 0 Å². The molecule has 4 rings (SSSR count). The molecule has 10 heteroatoms. The summed E-state index contributed by atoms with van der Waals surface area (Å²) in [4.78, 5) is 31.3. The molecule has 34 heavy (non-hydrogen) atoms. The highest BCUT2D eigenvalue weighted by atomic mass is 35.5. The summed E-state index contributed by atoms with van der Waals surface area (Å²) in [6.45, 7) is 2.34. The minimum atomic E-state index is -1.11. The number of H-pyrrole nitrogens is 1. The summed E-state index contributed by atoms with van der Waals surface area (Å²) >= 11 is 12.2. The molecule has 0 spiro atoms. The van der Waals surface area contributed by atoms with Crippen LogP contribution in [0.4, 0.5) is 4.39 Å². The lowest BCUT2D eigenvalue weighted by molar-refractivity contribution is -0.151. The maximum absolute atomic E-state index is 14.4. The van der Waals surface area contributed by atoms with Crippen molar-refractivity contribution < 1.29 is 19.1 Å². The molecule has 0 radical (unpaired) electrons. The third-order valence-electron chi connectivity index (χ3n) is 6.25. The smallest absolute Gasteiger partial charge is 0.310 e. The molecule has 0 saturated carbocycles. The lowest BCUT2D eigenvalue weighted by Gasteiger charge is -2.39. The van der Waals surface area contributed by atoms with Crippen LogP contribution in [0.1, 0.15) is 46.0 Å². The van der Waals surface area contributed by atoms with Crippen molar-refractivity contribution in [1.29, 1.82) is 0 Å². The first-order valence-electron chi connectivity index (χ1n) is 10.8. The van der Waals surface area contributed by atoms with E-state index in [1.807, 2.05) is 13.0 Å². The number of aryl methyl sites for hydroxylation is 1. The Kier molecular flexibility index (Phi) is 6.91. The number of hydrogen-bond acceptors (Lipinski definition) is 4. The standard InChI is InChI=1S/C24H23Cl2FN4O3/c1-14-11-16(30-29-14)12-20-19(27)6-5-15(28-20)13-24(23(33)34)7-9-31(10-8-24)22(32)17-3-2-4-18(25)21(17)26/h2-6,11H,7-10,12-13H2,1H3,(H,29,30)(H,33,34). The van der Waals surface area contributed by atoms with Crippen LogP contribution in [0.3, 0.4) is 0 Å². The summed E-state index contributed by atoms with van der Waals surface area (Å²) in [5.74, 6) is -1.72. The number of rotatable bonds is 6. The second-order valence-electron chi connectivity index (χ2n) is 8.61. The van der Waals surface area contributed by atoms with Gasteiger partial charge in [-0.05, 0) is 50.1 Å². The zero-order valence-electron chi connectivity index (χ0n) is 18.4. The minimum absolute atomic E-state index is 0.134. The number of likely N-dealkylation sites (tertiary alicyclic amines) is 1. The largest absolute Gasteiger partial charge is 0.481 e. The summed E-state index contributed by atoms with van der Waals surface area (Å²) in [5.41, 5.74) is 1.39. The number of halogens is 3. The van der Waals surface area contributed by atoms with Crippen LogP contribution >= 0.6 is 23.2 Å². The van der Waals surface area contributed by atoms with Crippen LogP contribution in [0, 0.1) is 18.2 Å². The number of benzene rings is 1. The number of amides is 1. The van der Waals surface area contributed by atoms with E-state index in [4.69, 9.17) is 23.2 Å². The van der Waals surface area contributed by atoms with E-state index in [1.54, 1.807) is 23.1 Å². The van der Waals surface area contributed by atoms with E-state index in [0.29, 0.717) is 11.4 Å². The quantitative estimate of drug-likeness (QED) is 0.506. The van der Waals surface area contributed by atoms with E-state index in [0.717, 1.165) is 5.69 Å². The lowest BCUT2D eigenvalue weighted by Crippen LogP contribution is -2.47. The molecule has 2 N–H and O–H groups in total. The topological polar surface area (TPSA) is 99.2 Å². The van der Waals surface area contributed by atoms with Crippen molar-refractivity contribution in [2.24, 2.45) is 5.41 Å². The predicted octanol–water partition coefficient (Wildman–Crippen LogP) is 4.70. The van der Waals surface area contributed by atoms with Gasteiger partial charge >= 0.3 is 5.97 Å². The Morgan fingerprint density at radius 1 is 1.18 bits per heavy atom. The van der Waals surface area contributed by atoms with Crippen molar-refractivity contribution in [2.75, 3.05) is 13.1 Å². The fraction of sp³-hybridized carbons (Fsp3) is 0.333. The second kappa shape index (κ2) is 9.72. The van der Waals surface area contributed by atoms with Gasteiger partial charge in [-0.2, -0.15) is 5.10 Å². The summed E-state index contributed by atoms with van der Waals surface area (Å²) in [7, 11) is 0. The predicted molar refractivity (Wildman–Crippen MR) is 126 cm³/mol. The molecule has 178 valence electrons. The molecule has 1 saturated heterocycles. The number of carbonyl (C=O) groups is 2. The van der Waals surface area contributed by atoms with Crippen molar-refractivity contribution >= 4 is 35.1 Å². The van der Waals surface area contributed by atoms with Crippen LogP contribution in [0.15, 0.2) is 36.4 Å². The van der Waals surface area contributed by atoms with E-state index in [9.17, 15) is 19.1 Å². The Bertz CT molecular complexity index is 1240. The van der Waals surface area contributed by atoms with Gasteiger partial charge in [-0.1, -0.05) is 29.3 Å². The van der Waals surface area contributed by atoms with Gasteiger partial charge in [0.05, 0.1) is 32.4 Å². The number of carboxylic acid groups (broad SMARTS) is 1. The SMILES string of the molecule is Cc1cc(Cc2nc(CC3(C(=O)O)CCN(C(=O)c4cccc(Cl)c4Cl)CC3)ccc2F)n[nH]1. The summed E-state index contributed by atoms with van der Waals surface area (Å²) < 4.78 is 14.4. The van der Waals surface area contributed by atoms with Gasteiger partial charge in [-0.25, -0.2) is 4.39 Å². The van der Waals surface area contributed by atoms with Crippen molar-refractivity contribution in [2.45, 2.75) is 32.6 Å². The maximum atomic E-state index is 14.4. The number of carbonyl (C=O) groups excluding carboxylic acids is 1. The number of nitrogens with zero attached hydrogens (tertiary/aromatic N) is 3. The van der Waals surface area contributed by atoms with E-state index in [2.05, 4.69) is 15.2 Å². The molecular formula is C24H23Cl2FN4O3. The average molecular weight is 505 g/mol. The number of aromatic nitrogens is 3. The number of aliphatic carboxylic acids is 1. The Labute approximate surface area is 205 Å². The third kappa shape index (κ3) is 4.93. The number of aromatic amines is 1. The molecule has 0 unspecified atom stereocenters. The highest BCUT2D eigenvalue weighted by molar-refractivity contribution is 6.43. The van der Waals surface area contributed by atoms with Crippen LogP contribution in [-0.4, -0.2) is 50.2 Å². The second-order valence-corrected chi connectivity index (χ2v) is 9.39. The van der Waals surface area contributed by atoms with Gasteiger partial charge in [0.15, 0.2) is 0 Å². The molecule has 0 bridgehead atoms. The first-order valence-corrected chi connectivity index (χ1v) is 11.6. The van der Waals surface area contributed by atoms with Crippen LogP contribution in [0.5, 0.6) is 0 Å².